The molecule has 0 spiro atoms. The molecule has 4 N–H and O–H groups in total. The number of benzene rings is 1. The molecule has 2 unspecified atom stereocenters. The summed E-state index contributed by atoms with van der Waals surface area (Å²) < 4.78 is 0.717. The number of hydrogen-bond donors (Lipinski definition) is 4. The molecule has 1 fully saturated rings. The van der Waals surface area contributed by atoms with E-state index in [1.54, 1.807) is 24.3 Å². The number of carbonyl (C=O) groups is 2. The first-order valence-corrected chi connectivity index (χ1v) is 7.07. The maximum atomic E-state index is 11.6. The van der Waals surface area contributed by atoms with Crippen molar-refractivity contribution in [2.75, 3.05) is 9.87 Å². The molecule has 1 aromatic rings. The van der Waals surface area contributed by atoms with Crippen molar-refractivity contribution in [3.8, 4) is 0 Å². The Morgan fingerprint density at radius 3 is 2.42 bits per heavy atom. The minimum absolute atomic E-state index is 0.264. The van der Waals surface area contributed by atoms with E-state index >= 15 is 0 Å². The van der Waals surface area contributed by atoms with Crippen molar-refractivity contribution in [1.29, 1.82) is 0 Å². The molecule has 0 saturated carbocycles. The van der Waals surface area contributed by atoms with Gasteiger partial charge in [0.1, 0.15) is 0 Å². The monoisotopic (exact) mass is 376 g/mol. The number of β-lactam (4-membered cyclic amide) rings is 1. The molecule has 0 radical (unpaired) electrons. The van der Waals surface area contributed by atoms with Crippen LogP contribution in [-0.2, 0) is 15.2 Å². The first-order chi connectivity index (χ1) is 8.86. The summed E-state index contributed by atoms with van der Waals surface area (Å²) in [6.45, 7) is 1.29. The Labute approximate surface area is 123 Å². The van der Waals surface area contributed by atoms with E-state index in [4.69, 9.17) is 5.11 Å². The molecule has 1 saturated heterocycles. The highest BCUT2D eigenvalue weighted by atomic mass is 127. The second-order valence-electron chi connectivity index (χ2n) is 4.48. The number of rotatable bonds is 4. The normalized spacial score (nSPS) is 29.3. The van der Waals surface area contributed by atoms with Crippen molar-refractivity contribution in [2.24, 2.45) is 0 Å². The second kappa shape index (κ2) is 4.64. The summed E-state index contributed by atoms with van der Waals surface area (Å²) >= 11 is 2.15. The van der Waals surface area contributed by atoms with E-state index in [9.17, 15) is 14.7 Å². The molecule has 1 heterocycles. The van der Waals surface area contributed by atoms with Gasteiger partial charge in [-0.05, 0) is 24.6 Å². The largest absolute Gasteiger partial charge is 0.479 e. The first kappa shape index (κ1) is 14.1. The van der Waals surface area contributed by atoms with Gasteiger partial charge in [-0.3, -0.25) is 4.79 Å². The zero-order chi connectivity index (χ0) is 14.3. The predicted octanol–water partition coefficient (Wildman–Crippen LogP) is 0.652. The average molecular weight is 376 g/mol. The smallest absolute Gasteiger partial charge is 0.333 e. The van der Waals surface area contributed by atoms with Crippen LogP contribution in [0, 0.1) is 0 Å². The van der Waals surface area contributed by atoms with Crippen molar-refractivity contribution >= 4 is 40.2 Å². The Morgan fingerprint density at radius 1 is 1.42 bits per heavy atom. The van der Waals surface area contributed by atoms with Crippen LogP contribution < -0.4 is 10.6 Å². The Bertz CT molecular complexity index is 533. The minimum atomic E-state index is -2.04. The van der Waals surface area contributed by atoms with Gasteiger partial charge < -0.3 is 20.8 Å². The van der Waals surface area contributed by atoms with Crippen molar-refractivity contribution in [3.63, 3.8) is 0 Å². The van der Waals surface area contributed by atoms with Gasteiger partial charge in [-0.1, -0.05) is 34.7 Å². The molecule has 2 atom stereocenters. The third kappa shape index (κ3) is 1.88. The molecule has 7 heteroatoms. The van der Waals surface area contributed by atoms with E-state index in [1.165, 1.54) is 6.92 Å². The molecule has 1 amide bonds. The van der Waals surface area contributed by atoms with Crippen molar-refractivity contribution in [3.05, 3.63) is 29.8 Å². The number of alkyl halides is 1. The van der Waals surface area contributed by atoms with Crippen molar-refractivity contribution in [1.82, 2.24) is 5.32 Å². The Kier molecular flexibility index (Phi) is 3.43. The number of anilines is 1. The molecule has 0 aromatic heterocycles. The lowest BCUT2D eigenvalue weighted by atomic mass is 9.68. The molecule has 2 rings (SSSR count). The van der Waals surface area contributed by atoms with Crippen LogP contribution in [0.3, 0.4) is 0 Å². The zero-order valence-corrected chi connectivity index (χ0v) is 12.3. The van der Waals surface area contributed by atoms with Crippen LogP contribution in [0.5, 0.6) is 0 Å². The van der Waals surface area contributed by atoms with Crippen LogP contribution in [0.15, 0.2) is 24.3 Å². The van der Waals surface area contributed by atoms with Crippen LogP contribution in [-0.4, -0.2) is 32.2 Å². The summed E-state index contributed by atoms with van der Waals surface area (Å²) in [7, 11) is 0. The molecular formula is C12H13IN2O4. The molecule has 1 aliphatic rings. The second-order valence-corrected chi connectivity index (χ2v) is 5.25. The molecule has 0 aliphatic carbocycles. The molecule has 1 aromatic carbocycles. The van der Waals surface area contributed by atoms with Crippen LogP contribution in [0.4, 0.5) is 5.69 Å². The highest BCUT2D eigenvalue weighted by Crippen LogP contribution is 2.41. The number of carboxylic acids is 1. The quantitative estimate of drug-likeness (QED) is 0.268. The molecule has 1 aliphatic heterocycles. The highest BCUT2D eigenvalue weighted by Gasteiger charge is 2.68. The molecule has 6 nitrogen and oxygen atoms in total. The van der Waals surface area contributed by atoms with Gasteiger partial charge in [-0.25, -0.2) is 4.79 Å². The summed E-state index contributed by atoms with van der Waals surface area (Å²) in [4.78, 5) is 22.9. The van der Waals surface area contributed by atoms with Gasteiger partial charge in [-0.15, -0.1) is 0 Å². The lowest BCUT2D eigenvalue weighted by Gasteiger charge is -2.50. The third-order valence-electron chi connectivity index (χ3n) is 3.42. The topological polar surface area (TPSA) is 98.7 Å². The van der Waals surface area contributed by atoms with Crippen LogP contribution in [0.25, 0.3) is 0 Å². The van der Waals surface area contributed by atoms with Crippen LogP contribution in [0.1, 0.15) is 12.5 Å². The molecule has 102 valence electrons. The van der Waals surface area contributed by atoms with Crippen LogP contribution >= 0.6 is 22.6 Å². The number of amides is 1. The van der Waals surface area contributed by atoms with Gasteiger partial charge in [0.2, 0.25) is 5.60 Å². The van der Waals surface area contributed by atoms with E-state index in [1.807, 2.05) is 0 Å². The fourth-order valence-electron chi connectivity index (χ4n) is 2.11. The lowest BCUT2D eigenvalue weighted by Crippen LogP contribution is -2.81. The number of hydrogen-bond acceptors (Lipinski definition) is 4. The number of carbonyl (C=O) groups excluding carboxylic acids is 1. The average Bonchev–Trinajstić information content (AvgIpc) is 2.39. The SMILES string of the molecule is CC1(C(=O)O)NC(=O)C1(O)c1ccc(NCI)cc1. The van der Waals surface area contributed by atoms with Gasteiger partial charge in [0, 0.05) is 5.69 Å². The van der Waals surface area contributed by atoms with Gasteiger partial charge >= 0.3 is 5.97 Å². The van der Waals surface area contributed by atoms with Gasteiger partial charge in [0.15, 0.2) is 5.54 Å². The summed E-state index contributed by atoms with van der Waals surface area (Å²) in [6, 6.07) is 6.49. The highest BCUT2D eigenvalue weighted by molar-refractivity contribution is 14.1. The minimum Gasteiger partial charge on any atom is -0.479 e. The summed E-state index contributed by atoms with van der Waals surface area (Å²) in [6.07, 6.45) is 0. The number of aliphatic carboxylic acids is 1. The van der Waals surface area contributed by atoms with Crippen molar-refractivity contribution in [2.45, 2.75) is 18.1 Å². The van der Waals surface area contributed by atoms with Crippen LogP contribution in [0.2, 0.25) is 0 Å². The van der Waals surface area contributed by atoms with E-state index in [0.29, 0.717) is 4.55 Å². The predicted molar refractivity (Wildman–Crippen MR) is 77.0 cm³/mol. The Hall–Kier alpha value is -1.35. The van der Waals surface area contributed by atoms with Gasteiger partial charge in [0.25, 0.3) is 5.91 Å². The number of nitrogens with one attached hydrogen (secondary N) is 2. The standard InChI is InChI=1S/C12H13IN2O4/c1-11(10(17)18)12(19,9(16)15-11)7-2-4-8(5-3-7)14-6-13/h2-5,14,19H,6H2,1H3,(H,15,16)(H,17,18). The Morgan fingerprint density at radius 2 is 2.00 bits per heavy atom. The molecule has 0 bridgehead atoms. The number of halogens is 1. The molecule has 19 heavy (non-hydrogen) atoms. The fraction of sp³-hybridized carbons (Fsp3) is 0.333. The van der Waals surface area contributed by atoms with Gasteiger partial charge in [0.05, 0.1) is 4.55 Å². The fourth-order valence-corrected chi connectivity index (χ4v) is 2.55. The van der Waals surface area contributed by atoms with E-state index in [2.05, 4.69) is 33.2 Å². The third-order valence-corrected chi connectivity index (χ3v) is 3.80. The first-order valence-electron chi connectivity index (χ1n) is 5.55. The summed E-state index contributed by atoms with van der Waals surface area (Å²) in [5, 5.41) is 24.9. The van der Waals surface area contributed by atoms with Gasteiger partial charge in [-0.2, -0.15) is 0 Å². The maximum absolute atomic E-state index is 11.6. The summed E-state index contributed by atoms with van der Waals surface area (Å²) in [5.41, 5.74) is -2.65. The Balaban J connectivity index is 2.38. The van der Waals surface area contributed by atoms with E-state index in [-0.39, 0.29) is 5.56 Å². The van der Waals surface area contributed by atoms with E-state index < -0.39 is 23.0 Å². The molecular weight excluding hydrogens is 363 g/mol. The summed E-state index contributed by atoms with van der Waals surface area (Å²) in [5.74, 6) is -1.98. The lowest BCUT2D eigenvalue weighted by molar-refractivity contribution is -0.190. The van der Waals surface area contributed by atoms with E-state index in [0.717, 1.165) is 5.69 Å². The maximum Gasteiger partial charge on any atom is 0.333 e. The van der Waals surface area contributed by atoms with Crippen molar-refractivity contribution < 1.29 is 19.8 Å². The number of carboxylic acid groups (broad SMARTS) is 1. The zero-order valence-electron chi connectivity index (χ0n) is 10.1. The number of aliphatic hydroxyl groups is 1.